The molecule has 0 atom stereocenters. The van der Waals surface area contributed by atoms with Gasteiger partial charge in [-0.15, -0.1) is 0 Å². The van der Waals surface area contributed by atoms with Crippen LogP contribution in [0.15, 0.2) is 18.2 Å². The molecule has 0 fully saturated rings. The highest BCUT2D eigenvalue weighted by molar-refractivity contribution is 6.42. The second-order valence-electron chi connectivity index (χ2n) is 4.56. The molecule has 0 bridgehead atoms. The van der Waals surface area contributed by atoms with Crippen LogP contribution in [0.1, 0.15) is 13.8 Å². The highest BCUT2D eigenvalue weighted by Gasteiger charge is 2.17. The largest absolute Gasteiger partial charge is 0.493 e. The summed E-state index contributed by atoms with van der Waals surface area (Å²) in [5.74, 6) is 0.749. The molecular weight excluding hydrogens is 245 g/mol. The monoisotopic (exact) mass is 261 g/mol. The van der Waals surface area contributed by atoms with Gasteiger partial charge in [-0.1, -0.05) is 37.0 Å². The van der Waals surface area contributed by atoms with E-state index >= 15 is 0 Å². The molecule has 4 heteroatoms. The lowest BCUT2D eigenvalue weighted by Gasteiger charge is -2.24. The summed E-state index contributed by atoms with van der Waals surface area (Å²) in [6, 6.07) is 5.30. The molecule has 1 N–H and O–H groups in total. The van der Waals surface area contributed by atoms with Crippen LogP contribution in [-0.4, -0.2) is 20.2 Å². The van der Waals surface area contributed by atoms with E-state index in [0.717, 1.165) is 12.3 Å². The molecule has 0 aliphatic carbocycles. The highest BCUT2D eigenvalue weighted by atomic mass is 35.5. The van der Waals surface area contributed by atoms with Crippen LogP contribution >= 0.6 is 23.2 Å². The van der Waals surface area contributed by atoms with Gasteiger partial charge in [-0.05, 0) is 19.2 Å². The number of nitrogens with one attached hydrogen (secondary N) is 1. The van der Waals surface area contributed by atoms with Gasteiger partial charge in [0.2, 0.25) is 0 Å². The third-order valence-corrected chi connectivity index (χ3v) is 2.91. The zero-order chi connectivity index (χ0) is 12.2. The van der Waals surface area contributed by atoms with E-state index in [1.165, 1.54) is 0 Å². The predicted molar refractivity (Wildman–Crippen MR) is 69.7 cm³/mol. The van der Waals surface area contributed by atoms with Crippen LogP contribution in [0.25, 0.3) is 0 Å². The molecule has 90 valence electrons. The Bertz CT molecular complexity index is 353. The zero-order valence-electron chi connectivity index (χ0n) is 9.81. The Labute approximate surface area is 107 Å². The molecule has 0 saturated carbocycles. The van der Waals surface area contributed by atoms with Gasteiger partial charge in [-0.2, -0.15) is 0 Å². The molecule has 0 spiro atoms. The summed E-state index contributed by atoms with van der Waals surface area (Å²) in [6.07, 6.45) is 0. The Hall–Kier alpha value is -0.440. The van der Waals surface area contributed by atoms with Gasteiger partial charge in [0.1, 0.15) is 5.75 Å². The minimum absolute atomic E-state index is 0.0842. The Morgan fingerprint density at radius 3 is 2.50 bits per heavy atom. The third-order valence-electron chi connectivity index (χ3n) is 2.18. The normalized spacial score (nSPS) is 11.6. The van der Waals surface area contributed by atoms with Gasteiger partial charge in [0, 0.05) is 18.0 Å². The summed E-state index contributed by atoms with van der Waals surface area (Å²) in [5.41, 5.74) is 0.0842. The summed E-state index contributed by atoms with van der Waals surface area (Å²) < 4.78 is 5.68. The number of ether oxygens (including phenoxy) is 1. The molecule has 0 aliphatic rings. The Morgan fingerprint density at radius 1 is 1.25 bits per heavy atom. The number of hydrogen-bond donors (Lipinski definition) is 1. The summed E-state index contributed by atoms with van der Waals surface area (Å²) in [4.78, 5) is 0. The SMILES string of the molecule is CNCC(C)(C)COc1ccc(Cl)c(Cl)c1. The minimum Gasteiger partial charge on any atom is -0.493 e. The smallest absolute Gasteiger partial charge is 0.120 e. The maximum absolute atomic E-state index is 5.90. The highest BCUT2D eigenvalue weighted by Crippen LogP contribution is 2.27. The van der Waals surface area contributed by atoms with Crippen LogP contribution in [-0.2, 0) is 0 Å². The second-order valence-corrected chi connectivity index (χ2v) is 5.37. The standard InChI is InChI=1S/C12H17Cl2NO/c1-12(2,7-15-3)8-16-9-4-5-10(13)11(14)6-9/h4-6,15H,7-8H2,1-3H3. The van der Waals surface area contributed by atoms with Crippen molar-refractivity contribution in [2.24, 2.45) is 5.41 Å². The lowest BCUT2D eigenvalue weighted by atomic mass is 9.95. The second kappa shape index (κ2) is 5.76. The average molecular weight is 262 g/mol. The maximum Gasteiger partial charge on any atom is 0.120 e. The van der Waals surface area contributed by atoms with Crippen molar-refractivity contribution in [2.75, 3.05) is 20.2 Å². The van der Waals surface area contributed by atoms with E-state index in [-0.39, 0.29) is 5.41 Å². The van der Waals surface area contributed by atoms with Gasteiger partial charge in [0.25, 0.3) is 0 Å². The molecule has 1 aromatic carbocycles. The molecule has 0 aromatic heterocycles. The quantitative estimate of drug-likeness (QED) is 0.875. The van der Waals surface area contributed by atoms with Crippen molar-refractivity contribution >= 4 is 23.2 Å². The summed E-state index contributed by atoms with van der Waals surface area (Å²) in [6.45, 7) is 5.81. The van der Waals surface area contributed by atoms with E-state index in [1.807, 2.05) is 13.1 Å². The van der Waals surface area contributed by atoms with Crippen LogP contribution in [0.4, 0.5) is 0 Å². The van der Waals surface area contributed by atoms with Gasteiger partial charge in [-0.3, -0.25) is 0 Å². The van der Waals surface area contributed by atoms with Crippen molar-refractivity contribution < 1.29 is 4.74 Å². The lowest BCUT2D eigenvalue weighted by Crippen LogP contribution is -2.32. The van der Waals surface area contributed by atoms with E-state index in [1.54, 1.807) is 12.1 Å². The van der Waals surface area contributed by atoms with E-state index in [4.69, 9.17) is 27.9 Å². The van der Waals surface area contributed by atoms with Gasteiger partial charge in [0.05, 0.1) is 16.7 Å². The Balaban J connectivity index is 2.57. The van der Waals surface area contributed by atoms with Gasteiger partial charge in [0.15, 0.2) is 0 Å². The summed E-state index contributed by atoms with van der Waals surface area (Å²) in [5, 5.41) is 4.20. The lowest BCUT2D eigenvalue weighted by molar-refractivity contribution is 0.179. The predicted octanol–water partition coefficient (Wildman–Crippen LogP) is 3.62. The maximum atomic E-state index is 5.90. The molecule has 2 nitrogen and oxygen atoms in total. The topological polar surface area (TPSA) is 21.3 Å². The third kappa shape index (κ3) is 4.20. The fraction of sp³-hybridized carbons (Fsp3) is 0.500. The van der Waals surface area contributed by atoms with E-state index in [2.05, 4.69) is 19.2 Å². The number of hydrogen-bond acceptors (Lipinski definition) is 2. The molecule has 0 aliphatic heterocycles. The Kier molecular flexibility index (Phi) is 4.90. The molecule has 16 heavy (non-hydrogen) atoms. The molecule has 0 heterocycles. The molecule has 1 aromatic rings. The first-order valence-corrected chi connectivity index (χ1v) is 5.93. The first-order valence-electron chi connectivity index (χ1n) is 5.17. The van der Waals surface area contributed by atoms with Crippen LogP contribution < -0.4 is 10.1 Å². The Morgan fingerprint density at radius 2 is 1.94 bits per heavy atom. The number of halogens is 2. The minimum atomic E-state index is 0.0842. The molecule has 1 rings (SSSR count). The van der Waals surface area contributed by atoms with E-state index < -0.39 is 0 Å². The van der Waals surface area contributed by atoms with Crippen molar-refractivity contribution in [1.82, 2.24) is 5.32 Å². The van der Waals surface area contributed by atoms with Crippen molar-refractivity contribution in [3.05, 3.63) is 28.2 Å². The molecule has 0 amide bonds. The number of benzene rings is 1. The molecular formula is C12H17Cl2NO. The fourth-order valence-corrected chi connectivity index (χ4v) is 1.66. The van der Waals surface area contributed by atoms with Gasteiger partial charge < -0.3 is 10.1 Å². The first-order chi connectivity index (χ1) is 7.44. The van der Waals surface area contributed by atoms with Crippen molar-refractivity contribution in [3.8, 4) is 5.75 Å². The van der Waals surface area contributed by atoms with E-state index in [0.29, 0.717) is 16.7 Å². The molecule has 0 radical (unpaired) electrons. The zero-order valence-corrected chi connectivity index (χ0v) is 11.3. The van der Waals surface area contributed by atoms with Crippen molar-refractivity contribution in [2.45, 2.75) is 13.8 Å². The van der Waals surface area contributed by atoms with E-state index in [9.17, 15) is 0 Å². The fourth-order valence-electron chi connectivity index (χ4n) is 1.37. The van der Waals surface area contributed by atoms with Crippen LogP contribution in [0, 0.1) is 5.41 Å². The van der Waals surface area contributed by atoms with Gasteiger partial charge >= 0.3 is 0 Å². The first kappa shape index (κ1) is 13.6. The van der Waals surface area contributed by atoms with Crippen LogP contribution in [0.3, 0.4) is 0 Å². The number of rotatable bonds is 5. The average Bonchev–Trinajstić information content (AvgIpc) is 2.20. The van der Waals surface area contributed by atoms with Crippen LogP contribution in [0.2, 0.25) is 10.0 Å². The molecule has 0 saturated heterocycles. The molecule has 0 unspecified atom stereocenters. The summed E-state index contributed by atoms with van der Waals surface area (Å²) >= 11 is 11.7. The summed E-state index contributed by atoms with van der Waals surface area (Å²) in [7, 11) is 1.93. The van der Waals surface area contributed by atoms with Crippen molar-refractivity contribution in [3.63, 3.8) is 0 Å². The van der Waals surface area contributed by atoms with Crippen molar-refractivity contribution in [1.29, 1.82) is 0 Å². The van der Waals surface area contributed by atoms with Crippen LogP contribution in [0.5, 0.6) is 5.75 Å². The van der Waals surface area contributed by atoms with Gasteiger partial charge in [-0.25, -0.2) is 0 Å².